The normalized spacial score (nSPS) is 12.6. The molecule has 0 bridgehead atoms. The van der Waals surface area contributed by atoms with Crippen molar-refractivity contribution in [3.63, 3.8) is 0 Å². The third-order valence-corrected chi connectivity index (χ3v) is 6.93. The molecule has 0 saturated carbocycles. The Labute approximate surface area is 217 Å². The van der Waals surface area contributed by atoms with Gasteiger partial charge in [0.25, 0.3) is 5.91 Å². The monoisotopic (exact) mass is 489 g/mol. The van der Waals surface area contributed by atoms with Gasteiger partial charge in [0.05, 0.1) is 0 Å². The van der Waals surface area contributed by atoms with Gasteiger partial charge in [-0.2, -0.15) is 0 Å². The lowest BCUT2D eigenvalue weighted by Gasteiger charge is -2.32. The lowest BCUT2D eigenvalue weighted by atomic mass is 9.96. The van der Waals surface area contributed by atoms with Crippen LogP contribution in [0.3, 0.4) is 0 Å². The first-order valence-corrected chi connectivity index (χ1v) is 12.7. The molecule has 1 heterocycles. The van der Waals surface area contributed by atoms with Gasteiger partial charge in [-0.3, -0.25) is 9.59 Å². The zero-order valence-corrected chi connectivity index (χ0v) is 21.0. The van der Waals surface area contributed by atoms with Crippen LogP contribution in [0.2, 0.25) is 0 Å². The van der Waals surface area contributed by atoms with Crippen LogP contribution in [0.25, 0.3) is 11.1 Å². The van der Waals surface area contributed by atoms with E-state index in [1.165, 1.54) is 16.8 Å². The zero-order valence-electron chi connectivity index (χ0n) is 21.0. The Morgan fingerprint density at radius 1 is 0.892 bits per heavy atom. The van der Waals surface area contributed by atoms with Gasteiger partial charge in [0, 0.05) is 36.4 Å². The number of carbonyl (C=O) groups excluding carboxylic acids is 2. The molecule has 5 rings (SSSR count). The van der Waals surface area contributed by atoms with Crippen molar-refractivity contribution in [3.05, 3.63) is 124 Å². The maximum atomic E-state index is 12.8. The van der Waals surface area contributed by atoms with E-state index < -0.39 is 5.91 Å². The summed E-state index contributed by atoms with van der Waals surface area (Å²) in [6, 6.07) is 29.9. The number of nitrogens with zero attached hydrogens (tertiary/aromatic N) is 1. The Morgan fingerprint density at radius 2 is 1.70 bits per heavy atom. The molecule has 0 atom stereocenters. The minimum absolute atomic E-state index is 0.0543. The van der Waals surface area contributed by atoms with Crippen LogP contribution in [-0.2, 0) is 19.5 Å². The van der Waals surface area contributed by atoms with E-state index in [1.54, 1.807) is 6.07 Å². The Balaban J connectivity index is 1.31. The molecular formula is C32H31N3O2. The van der Waals surface area contributed by atoms with Gasteiger partial charge in [0.1, 0.15) is 0 Å². The summed E-state index contributed by atoms with van der Waals surface area (Å²) in [6.07, 6.45) is 1.99. The van der Waals surface area contributed by atoms with Crippen molar-refractivity contribution in [2.24, 2.45) is 5.73 Å². The molecule has 5 nitrogen and oxygen atoms in total. The van der Waals surface area contributed by atoms with Gasteiger partial charge in [-0.1, -0.05) is 66.2 Å². The number of hydrogen-bond donors (Lipinski definition) is 2. The van der Waals surface area contributed by atoms with Crippen molar-refractivity contribution >= 4 is 17.5 Å². The van der Waals surface area contributed by atoms with Crippen LogP contribution in [0.15, 0.2) is 91.0 Å². The molecular weight excluding hydrogens is 458 g/mol. The van der Waals surface area contributed by atoms with Gasteiger partial charge in [-0.05, 0) is 77.9 Å². The second-order valence-corrected chi connectivity index (χ2v) is 9.65. The van der Waals surface area contributed by atoms with Gasteiger partial charge in [-0.15, -0.1) is 0 Å². The van der Waals surface area contributed by atoms with E-state index in [-0.39, 0.29) is 5.91 Å². The summed E-state index contributed by atoms with van der Waals surface area (Å²) >= 11 is 0. The van der Waals surface area contributed by atoms with Crippen LogP contribution in [0.5, 0.6) is 0 Å². The summed E-state index contributed by atoms with van der Waals surface area (Å²) in [5.41, 5.74) is 14.5. The Hall–Kier alpha value is -4.38. The van der Waals surface area contributed by atoms with Gasteiger partial charge in [0.15, 0.2) is 0 Å². The first-order valence-electron chi connectivity index (χ1n) is 12.7. The molecule has 2 amide bonds. The Morgan fingerprint density at radius 3 is 2.51 bits per heavy atom. The number of benzene rings is 4. The fourth-order valence-corrected chi connectivity index (χ4v) is 4.98. The van der Waals surface area contributed by atoms with Crippen molar-refractivity contribution in [3.8, 4) is 11.1 Å². The molecule has 0 fully saturated rings. The SMILES string of the molecule is Cc1ccc(CNC(=O)c2ccc3c(c2)CCCN3Cc2cccc(-c3ccccc3C(N)=O)c2)cc1. The van der Waals surface area contributed by atoms with E-state index in [0.717, 1.165) is 48.2 Å². The highest BCUT2D eigenvalue weighted by atomic mass is 16.2. The number of nitrogens with one attached hydrogen (secondary N) is 1. The van der Waals surface area contributed by atoms with Crippen LogP contribution < -0.4 is 16.0 Å². The molecule has 0 saturated heterocycles. The minimum atomic E-state index is -0.426. The van der Waals surface area contributed by atoms with Crippen molar-refractivity contribution < 1.29 is 9.59 Å². The van der Waals surface area contributed by atoms with Crippen LogP contribution >= 0.6 is 0 Å². The molecule has 0 radical (unpaired) electrons. The van der Waals surface area contributed by atoms with Gasteiger partial charge >= 0.3 is 0 Å². The van der Waals surface area contributed by atoms with E-state index in [1.807, 2.05) is 54.6 Å². The van der Waals surface area contributed by atoms with E-state index in [2.05, 4.69) is 47.5 Å². The standard InChI is InChI=1S/C32H31N3O2/c1-22-11-13-23(14-12-22)20-34-32(37)27-15-16-30-26(19-27)8-5-17-35(30)21-24-6-4-7-25(18-24)28-9-2-3-10-29(28)31(33)36/h2-4,6-7,9-16,18-19H,5,8,17,20-21H2,1H3,(H2,33,36)(H,34,37). The molecule has 0 aromatic heterocycles. The fourth-order valence-electron chi connectivity index (χ4n) is 4.98. The molecule has 0 spiro atoms. The van der Waals surface area contributed by atoms with Crippen molar-refractivity contribution in [1.82, 2.24) is 5.32 Å². The van der Waals surface area contributed by atoms with E-state index in [4.69, 9.17) is 5.73 Å². The Kier molecular flexibility index (Phi) is 7.04. The predicted molar refractivity (Wildman–Crippen MR) is 149 cm³/mol. The molecule has 4 aromatic carbocycles. The fraction of sp³-hybridized carbons (Fsp3) is 0.188. The molecule has 0 aliphatic carbocycles. The van der Waals surface area contributed by atoms with Crippen molar-refractivity contribution in [2.75, 3.05) is 11.4 Å². The van der Waals surface area contributed by atoms with Gasteiger partial charge in [0.2, 0.25) is 5.91 Å². The highest BCUT2D eigenvalue weighted by molar-refractivity contribution is 5.99. The lowest BCUT2D eigenvalue weighted by molar-refractivity contribution is 0.0949. The summed E-state index contributed by atoms with van der Waals surface area (Å²) in [5, 5.41) is 3.04. The highest BCUT2D eigenvalue weighted by Crippen LogP contribution is 2.31. The summed E-state index contributed by atoms with van der Waals surface area (Å²) < 4.78 is 0. The first-order chi connectivity index (χ1) is 18.0. The average Bonchev–Trinajstić information content (AvgIpc) is 2.92. The molecule has 1 aliphatic heterocycles. The predicted octanol–water partition coefficient (Wildman–Crippen LogP) is 5.64. The van der Waals surface area contributed by atoms with Crippen LogP contribution in [0.4, 0.5) is 5.69 Å². The van der Waals surface area contributed by atoms with Crippen LogP contribution in [0, 0.1) is 6.92 Å². The maximum absolute atomic E-state index is 12.8. The summed E-state index contributed by atoms with van der Waals surface area (Å²) in [5.74, 6) is -0.481. The van der Waals surface area contributed by atoms with Crippen LogP contribution in [0.1, 0.15) is 49.4 Å². The average molecular weight is 490 g/mol. The number of carbonyl (C=O) groups is 2. The van der Waals surface area contributed by atoms with Gasteiger partial charge < -0.3 is 16.0 Å². The lowest BCUT2D eigenvalue weighted by Crippen LogP contribution is -2.29. The molecule has 3 N–H and O–H groups in total. The van der Waals surface area contributed by atoms with Gasteiger partial charge in [-0.25, -0.2) is 0 Å². The van der Waals surface area contributed by atoms with E-state index >= 15 is 0 Å². The molecule has 186 valence electrons. The topological polar surface area (TPSA) is 75.4 Å². The minimum Gasteiger partial charge on any atom is -0.367 e. The number of hydrogen-bond acceptors (Lipinski definition) is 3. The van der Waals surface area contributed by atoms with Crippen LogP contribution in [-0.4, -0.2) is 18.4 Å². The molecule has 4 aromatic rings. The second-order valence-electron chi connectivity index (χ2n) is 9.65. The third-order valence-electron chi connectivity index (χ3n) is 6.93. The number of primary amides is 1. The highest BCUT2D eigenvalue weighted by Gasteiger charge is 2.19. The summed E-state index contributed by atoms with van der Waals surface area (Å²) in [7, 11) is 0. The first kappa shape index (κ1) is 24.3. The summed E-state index contributed by atoms with van der Waals surface area (Å²) in [6.45, 7) is 4.27. The number of nitrogens with two attached hydrogens (primary N) is 1. The quantitative estimate of drug-likeness (QED) is 0.353. The maximum Gasteiger partial charge on any atom is 0.251 e. The molecule has 0 unspecified atom stereocenters. The largest absolute Gasteiger partial charge is 0.367 e. The zero-order chi connectivity index (χ0) is 25.8. The van der Waals surface area contributed by atoms with Crippen molar-refractivity contribution in [2.45, 2.75) is 32.9 Å². The number of fused-ring (bicyclic) bond motifs is 1. The molecule has 5 heteroatoms. The summed E-state index contributed by atoms with van der Waals surface area (Å²) in [4.78, 5) is 27.1. The van der Waals surface area contributed by atoms with Crippen molar-refractivity contribution in [1.29, 1.82) is 0 Å². The number of aryl methyl sites for hydroxylation is 2. The third kappa shape index (κ3) is 5.56. The smallest absolute Gasteiger partial charge is 0.251 e. The second kappa shape index (κ2) is 10.7. The van der Waals surface area contributed by atoms with E-state index in [9.17, 15) is 9.59 Å². The molecule has 1 aliphatic rings. The number of rotatable bonds is 7. The number of anilines is 1. The Bertz CT molecular complexity index is 1440. The van der Waals surface area contributed by atoms with E-state index in [0.29, 0.717) is 17.7 Å². The molecule has 37 heavy (non-hydrogen) atoms. The number of amides is 2.